The van der Waals surface area contributed by atoms with Crippen LogP contribution in [0.2, 0.25) is 5.15 Å². The summed E-state index contributed by atoms with van der Waals surface area (Å²) in [6.07, 6.45) is 2.10. The monoisotopic (exact) mass is 288 g/mol. The minimum atomic E-state index is 0.478. The predicted octanol–water partition coefficient (Wildman–Crippen LogP) is 4.60. The van der Waals surface area contributed by atoms with Gasteiger partial charge in [-0.1, -0.05) is 55.3 Å². The zero-order valence-corrected chi connectivity index (χ0v) is 13.3. The van der Waals surface area contributed by atoms with Gasteiger partial charge >= 0.3 is 0 Å². The highest BCUT2D eigenvalue weighted by molar-refractivity contribution is 6.31. The van der Waals surface area contributed by atoms with Crippen LogP contribution in [0.3, 0.4) is 0 Å². The molecular formula is C17H21ClN2. The van der Waals surface area contributed by atoms with E-state index in [0.717, 1.165) is 28.6 Å². The third-order valence-electron chi connectivity index (χ3n) is 3.22. The van der Waals surface area contributed by atoms with Gasteiger partial charge in [-0.2, -0.15) is 0 Å². The highest BCUT2D eigenvalue weighted by Crippen LogP contribution is 2.24. The van der Waals surface area contributed by atoms with Crippen LogP contribution in [-0.2, 0) is 0 Å². The molecule has 3 heteroatoms. The molecule has 1 aromatic heterocycles. The van der Waals surface area contributed by atoms with Crippen LogP contribution >= 0.6 is 11.6 Å². The Kier molecular flexibility index (Phi) is 4.79. The number of nitrogens with one attached hydrogen (secondary N) is 1. The van der Waals surface area contributed by atoms with Crippen molar-refractivity contribution in [3.05, 3.63) is 46.1 Å². The minimum absolute atomic E-state index is 0.478. The molecule has 0 atom stereocenters. The second-order valence-electron chi connectivity index (χ2n) is 5.54. The summed E-state index contributed by atoms with van der Waals surface area (Å²) in [4.78, 5) is 4.52. The van der Waals surface area contributed by atoms with Gasteiger partial charge in [-0.15, -0.1) is 0 Å². The van der Waals surface area contributed by atoms with Gasteiger partial charge in [0.15, 0.2) is 0 Å². The zero-order valence-electron chi connectivity index (χ0n) is 12.5. The molecule has 0 amide bonds. The molecule has 0 aliphatic heterocycles. The van der Waals surface area contributed by atoms with Crippen LogP contribution in [0.15, 0.2) is 29.8 Å². The largest absolute Gasteiger partial charge is 0.311 e. The van der Waals surface area contributed by atoms with Crippen molar-refractivity contribution >= 4 is 28.6 Å². The van der Waals surface area contributed by atoms with Crippen LogP contribution in [0.1, 0.15) is 31.9 Å². The zero-order chi connectivity index (χ0) is 14.7. The Labute approximate surface area is 125 Å². The maximum absolute atomic E-state index is 6.31. The number of para-hydroxylation sites is 1. The lowest BCUT2D eigenvalue weighted by atomic mass is 10.1. The lowest BCUT2D eigenvalue weighted by Crippen LogP contribution is -2.24. The molecule has 0 aliphatic rings. The van der Waals surface area contributed by atoms with Crippen molar-refractivity contribution in [2.24, 2.45) is 0 Å². The number of fused-ring (bicyclic) bond motifs is 1. The highest BCUT2D eigenvalue weighted by Gasteiger charge is 2.05. The molecule has 2 rings (SSSR count). The maximum Gasteiger partial charge on any atom is 0.137 e. The van der Waals surface area contributed by atoms with Crippen LogP contribution < -0.4 is 5.32 Å². The van der Waals surface area contributed by atoms with Gasteiger partial charge in [-0.25, -0.2) is 4.98 Å². The highest BCUT2D eigenvalue weighted by atomic mass is 35.5. The number of nitrogens with zero attached hydrogens (tertiary/aromatic N) is 1. The van der Waals surface area contributed by atoms with Crippen molar-refractivity contribution in [1.29, 1.82) is 0 Å². The Balaban J connectivity index is 2.35. The standard InChI is InChI=1S/C17H21ClN2/c1-11(2)19-10-12(3)8-15-9-14-7-5-6-13(4)16(14)20-17(15)18/h5-9,11,19H,10H2,1-4H3. The Bertz CT molecular complexity index is 645. The van der Waals surface area contributed by atoms with E-state index in [1.54, 1.807) is 0 Å². The van der Waals surface area contributed by atoms with Gasteiger partial charge in [0.25, 0.3) is 0 Å². The SMILES string of the molecule is CC(=Cc1cc2cccc(C)c2nc1Cl)CNC(C)C. The number of pyridine rings is 1. The summed E-state index contributed by atoms with van der Waals surface area (Å²) >= 11 is 6.31. The Hall–Kier alpha value is -1.38. The fraction of sp³-hybridized carbons (Fsp3) is 0.353. The van der Waals surface area contributed by atoms with Crippen LogP contribution in [0.25, 0.3) is 17.0 Å². The second kappa shape index (κ2) is 6.38. The van der Waals surface area contributed by atoms with E-state index in [1.165, 1.54) is 5.57 Å². The molecule has 106 valence electrons. The van der Waals surface area contributed by atoms with Crippen molar-refractivity contribution in [1.82, 2.24) is 10.3 Å². The Morgan fingerprint density at radius 1 is 1.40 bits per heavy atom. The topological polar surface area (TPSA) is 24.9 Å². The molecule has 0 aliphatic carbocycles. The van der Waals surface area contributed by atoms with E-state index in [0.29, 0.717) is 11.2 Å². The average molecular weight is 289 g/mol. The lowest BCUT2D eigenvalue weighted by molar-refractivity contribution is 0.623. The molecule has 0 radical (unpaired) electrons. The summed E-state index contributed by atoms with van der Waals surface area (Å²) in [5.74, 6) is 0. The van der Waals surface area contributed by atoms with Gasteiger partial charge in [0, 0.05) is 23.5 Å². The van der Waals surface area contributed by atoms with Gasteiger partial charge in [-0.05, 0) is 25.5 Å². The molecule has 0 unspecified atom stereocenters. The molecule has 20 heavy (non-hydrogen) atoms. The molecule has 0 fully saturated rings. The van der Waals surface area contributed by atoms with E-state index in [-0.39, 0.29) is 0 Å². The Morgan fingerprint density at radius 2 is 2.15 bits per heavy atom. The second-order valence-corrected chi connectivity index (χ2v) is 5.90. The van der Waals surface area contributed by atoms with Gasteiger partial charge in [0.1, 0.15) is 5.15 Å². The normalized spacial score (nSPS) is 12.4. The molecule has 1 N–H and O–H groups in total. The van der Waals surface area contributed by atoms with Gasteiger partial charge in [0.05, 0.1) is 5.52 Å². The third-order valence-corrected chi connectivity index (χ3v) is 3.52. The average Bonchev–Trinajstić information content (AvgIpc) is 2.38. The molecule has 0 saturated carbocycles. The molecular weight excluding hydrogens is 268 g/mol. The maximum atomic E-state index is 6.31. The predicted molar refractivity (Wildman–Crippen MR) is 88.3 cm³/mol. The van der Waals surface area contributed by atoms with Gasteiger partial charge in [0.2, 0.25) is 0 Å². The van der Waals surface area contributed by atoms with Crippen molar-refractivity contribution < 1.29 is 0 Å². The molecule has 2 aromatic rings. The van der Waals surface area contributed by atoms with Crippen molar-refractivity contribution in [3.8, 4) is 0 Å². The molecule has 2 nitrogen and oxygen atoms in total. The van der Waals surface area contributed by atoms with Crippen molar-refractivity contribution in [2.75, 3.05) is 6.54 Å². The molecule has 1 heterocycles. The van der Waals surface area contributed by atoms with Crippen LogP contribution in [-0.4, -0.2) is 17.6 Å². The number of aryl methyl sites for hydroxylation is 1. The number of benzene rings is 1. The summed E-state index contributed by atoms with van der Waals surface area (Å²) in [7, 11) is 0. The van der Waals surface area contributed by atoms with E-state index < -0.39 is 0 Å². The van der Waals surface area contributed by atoms with E-state index in [4.69, 9.17) is 11.6 Å². The fourth-order valence-corrected chi connectivity index (χ4v) is 2.32. The van der Waals surface area contributed by atoms with Gasteiger partial charge in [-0.3, -0.25) is 0 Å². The smallest absolute Gasteiger partial charge is 0.137 e. The molecule has 1 aromatic carbocycles. The first kappa shape index (κ1) is 15.0. The van der Waals surface area contributed by atoms with Crippen molar-refractivity contribution in [3.63, 3.8) is 0 Å². The van der Waals surface area contributed by atoms with E-state index in [1.807, 2.05) is 6.07 Å². The summed E-state index contributed by atoms with van der Waals surface area (Å²) in [6.45, 7) is 9.30. The number of hydrogen-bond donors (Lipinski definition) is 1. The summed E-state index contributed by atoms with van der Waals surface area (Å²) in [5.41, 5.74) is 4.35. The van der Waals surface area contributed by atoms with E-state index in [9.17, 15) is 0 Å². The number of halogens is 1. The number of aromatic nitrogens is 1. The van der Waals surface area contributed by atoms with Gasteiger partial charge < -0.3 is 5.32 Å². The summed E-state index contributed by atoms with van der Waals surface area (Å²) in [6, 6.07) is 8.76. The molecule has 0 spiro atoms. The number of rotatable bonds is 4. The molecule has 0 saturated heterocycles. The third kappa shape index (κ3) is 3.59. The minimum Gasteiger partial charge on any atom is -0.311 e. The summed E-state index contributed by atoms with van der Waals surface area (Å²) < 4.78 is 0. The first-order valence-electron chi connectivity index (χ1n) is 6.94. The van der Waals surface area contributed by atoms with E-state index >= 15 is 0 Å². The molecule has 0 bridgehead atoms. The number of hydrogen-bond acceptors (Lipinski definition) is 2. The first-order chi connectivity index (χ1) is 9.47. The fourth-order valence-electron chi connectivity index (χ4n) is 2.12. The lowest BCUT2D eigenvalue weighted by Gasteiger charge is -2.09. The first-order valence-corrected chi connectivity index (χ1v) is 7.31. The quantitative estimate of drug-likeness (QED) is 0.832. The Morgan fingerprint density at radius 3 is 2.85 bits per heavy atom. The van der Waals surface area contributed by atoms with Crippen LogP contribution in [0.4, 0.5) is 0 Å². The van der Waals surface area contributed by atoms with Crippen LogP contribution in [0, 0.1) is 6.92 Å². The van der Waals surface area contributed by atoms with E-state index in [2.05, 4.69) is 62.3 Å². The summed E-state index contributed by atoms with van der Waals surface area (Å²) in [5, 5.41) is 5.09. The van der Waals surface area contributed by atoms with Crippen molar-refractivity contribution in [2.45, 2.75) is 33.7 Å². The van der Waals surface area contributed by atoms with Crippen LogP contribution in [0.5, 0.6) is 0 Å².